The van der Waals surface area contributed by atoms with Gasteiger partial charge in [0.15, 0.2) is 0 Å². The fraction of sp³-hybridized carbons (Fsp3) is 0.692. The number of nitrogens with zero attached hydrogens (tertiary/aromatic N) is 3. The first kappa shape index (κ1) is 16.6. The summed E-state index contributed by atoms with van der Waals surface area (Å²) < 4.78 is 0. The van der Waals surface area contributed by atoms with Gasteiger partial charge in [-0.2, -0.15) is 0 Å². The molecule has 0 unspecified atom stereocenters. The molecule has 0 amide bonds. The summed E-state index contributed by atoms with van der Waals surface area (Å²) in [6.07, 6.45) is 5.71. The predicted octanol–water partition coefficient (Wildman–Crippen LogP) is 1.96. The lowest BCUT2D eigenvalue weighted by Gasteiger charge is -2.21. The molecule has 0 aromatic carbocycles. The van der Waals surface area contributed by atoms with Crippen LogP contribution in [0.2, 0.25) is 0 Å². The van der Waals surface area contributed by atoms with Gasteiger partial charge in [-0.25, -0.2) is 9.98 Å². The van der Waals surface area contributed by atoms with Crippen LogP contribution in [0.5, 0.6) is 0 Å². The van der Waals surface area contributed by atoms with Crippen molar-refractivity contribution < 1.29 is 5.11 Å². The second-order valence-corrected chi connectivity index (χ2v) is 3.88. The minimum absolute atomic E-state index is 0.0907. The van der Waals surface area contributed by atoms with E-state index in [1.54, 1.807) is 12.4 Å². The van der Waals surface area contributed by atoms with E-state index in [0.717, 1.165) is 37.6 Å². The van der Waals surface area contributed by atoms with Crippen molar-refractivity contribution in [1.29, 1.82) is 0 Å². The molecule has 0 aliphatic carbocycles. The fourth-order valence-corrected chi connectivity index (χ4v) is 1.43. The van der Waals surface area contributed by atoms with E-state index in [2.05, 4.69) is 34.0 Å². The second kappa shape index (κ2) is 10.8. The van der Waals surface area contributed by atoms with Gasteiger partial charge in [0, 0.05) is 25.5 Å². The molecule has 0 radical (unpaired) electrons. The molecule has 0 rings (SSSR count). The smallest absolute Gasteiger partial charge is 0.225 e. The predicted molar refractivity (Wildman–Crippen MR) is 77.7 cm³/mol. The summed E-state index contributed by atoms with van der Waals surface area (Å²) in [5.74, 6) is 0.724. The van der Waals surface area contributed by atoms with Crippen LogP contribution < -0.4 is 5.32 Å². The average Bonchev–Trinajstić information content (AvgIpc) is 2.37. The molecule has 0 atom stereocenters. The van der Waals surface area contributed by atoms with Gasteiger partial charge in [0.25, 0.3) is 0 Å². The molecule has 0 aromatic heterocycles. The zero-order valence-electron chi connectivity index (χ0n) is 12.0. The van der Waals surface area contributed by atoms with E-state index in [-0.39, 0.29) is 6.73 Å². The molecule has 0 bridgehead atoms. The maximum absolute atomic E-state index is 8.68. The largest absolute Gasteiger partial charge is 0.377 e. The molecular weight excluding hydrogens is 228 g/mol. The topological polar surface area (TPSA) is 60.2 Å². The highest BCUT2D eigenvalue weighted by Gasteiger charge is 2.07. The third-order valence-electron chi connectivity index (χ3n) is 2.37. The summed E-state index contributed by atoms with van der Waals surface area (Å²) in [6, 6.07) is 0. The Hall–Kier alpha value is -1.36. The van der Waals surface area contributed by atoms with E-state index < -0.39 is 0 Å². The molecule has 0 aliphatic heterocycles. The molecule has 0 saturated carbocycles. The van der Waals surface area contributed by atoms with Gasteiger partial charge < -0.3 is 15.3 Å². The van der Waals surface area contributed by atoms with E-state index >= 15 is 0 Å². The van der Waals surface area contributed by atoms with Crippen LogP contribution in [0.3, 0.4) is 0 Å². The first-order valence-electron chi connectivity index (χ1n) is 6.52. The molecule has 0 spiro atoms. The van der Waals surface area contributed by atoms with Crippen molar-refractivity contribution in [3.63, 3.8) is 0 Å². The summed E-state index contributed by atoms with van der Waals surface area (Å²) in [4.78, 5) is 10.9. The molecule has 2 N–H and O–H groups in total. The molecular formula is C13H26N4O. The second-order valence-electron chi connectivity index (χ2n) is 3.88. The highest BCUT2D eigenvalue weighted by atomic mass is 16.3. The Morgan fingerprint density at radius 3 is 2.61 bits per heavy atom. The van der Waals surface area contributed by atoms with Gasteiger partial charge in [0.2, 0.25) is 5.96 Å². The van der Waals surface area contributed by atoms with Gasteiger partial charge in [-0.05, 0) is 27.2 Å². The van der Waals surface area contributed by atoms with Crippen LogP contribution in [0.15, 0.2) is 21.9 Å². The lowest BCUT2D eigenvalue weighted by atomic mass is 10.3. The van der Waals surface area contributed by atoms with Gasteiger partial charge in [-0.1, -0.05) is 13.3 Å². The highest BCUT2D eigenvalue weighted by molar-refractivity contribution is 5.87. The van der Waals surface area contributed by atoms with Gasteiger partial charge in [0.05, 0.1) is 5.70 Å². The zero-order valence-corrected chi connectivity index (χ0v) is 12.0. The first-order chi connectivity index (χ1) is 8.69. The van der Waals surface area contributed by atoms with E-state index in [9.17, 15) is 0 Å². The summed E-state index contributed by atoms with van der Waals surface area (Å²) >= 11 is 0. The zero-order chi connectivity index (χ0) is 13.8. The van der Waals surface area contributed by atoms with Crippen molar-refractivity contribution in [2.45, 2.75) is 40.5 Å². The molecule has 0 saturated heterocycles. The number of hydrogen-bond donors (Lipinski definition) is 2. The lowest BCUT2D eigenvalue weighted by molar-refractivity contribution is 0.279. The van der Waals surface area contributed by atoms with E-state index in [1.165, 1.54) is 0 Å². The Balaban J connectivity index is 4.84. The Labute approximate surface area is 110 Å². The molecule has 5 heteroatoms. The molecule has 104 valence electrons. The van der Waals surface area contributed by atoms with Crippen LogP contribution >= 0.6 is 0 Å². The number of aliphatic imine (C=N–C) groups is 2. The fourth-order valence-electron chi connectivity index (χ4n) is 1.43. The van der Waals surface area contributed by atoms with Crippen LogP contribution in [0.4, 0.5) is 0 Å². The number of aliphatic hydroxyl groups is 1. The third kappa shape index (κ3) is 7.06. The van der Waals surface area contributed by atoms with Crippen molar-refractivity contribution in [1.82, 2.24) is 10.2 Å². The number of nitrogens with one attached hydrogen (secondary N) is 1. The van der Waals surface area contributed by atoms with Crippen LogP contribution in [0.1, 0.15) is 40.5 Å². The quantitative estimate of drug-likeness (QED) is 0.415. The third-order valence-corrected chi connectivity index (χ3v) is 2.37. The van der Waals surface area contributed by atoms with Crippen LogP contribution in [-0.4, -0.2) is 42.0 Å². The Morgan fingerprint density at radius 1 is 1.39 bits per heavy atom. The van der Waals surface area contributed by atoms with Gasteiger partial charge in [-0.15, -0.1) is 0 Å². The average molecular weight is 254 g/mol. The van der Waals surface area contributed by atoms with Crippen molar-refractivity contribution in [2.24, 2.45) is 9.98 Å². The molecule has 0 aliphatic rings. The summed E-state index contributed by atoms with van der Waals surface area (Å²) in [5.41, 5.74) is 0.791. The minimum Gasteiger partial charge on any atom is -0.377 e. The monoisotopic (exact) mass is 254 g/mol. The van der Waals surface area contributed by atoms with Gasteiger partial charge in [0.1, 0.15) is 6.73 Å². The highest BCUT2D eigenvalue weighted by Crippen LogP contribution is 2.02. The van der Waals surface area contributed by atoms with Crippen molar-refractivity contribution in [3.05, 3.63) is 11.9 Å². The maximum Gasteiger partial charge on any atom is 0.225 e. The van der Waals surface area contributed by atoms with Crippen LogP contribution in [0, 0.1) is 0 Å². The van der Waals surface area contributed by atoms with Crippen molar-refractivity contribution >= 4 is 12.2 Å². The number of allylic oxidation sites excluding steroid dienone is 1. The number of aliphatic hydroxyl groups excluding tert-OH is 1. The molecule has 18 heavy (non-hydrogen) atoms. The normalized spacial score (nSPS) is 13.2. The van der Waals surface area contributed by atoms with Crippen molar-refractivity contribution in [3.8, 4) is 0 Å². The Kier molecular flexibility index (Phi) is 9.96. The van der Waals surface area contributed by atoms with E-state index in [0.29, 0.717) is 0 Å². The Bertz CT molecular complexity index is 297. The maximum atomic E-state index is 8.68. The summed E-state index contributed by atoms with van der Waals surface area (Å²) in [6.45, 7) is 9.79. The lowest BCUT2D eigenvalue weighted by Crippen LogP contribution is -2.30. The van der Waals surface area contributed by atoms with E-state index in [4.69, 9.17) is 5.11 Å². The Morgan fingerprint density at radius 2 is 2.11 bits per heavy atom. The van der Waals surface area contributed by atoms with Crippen LogP contribution in [0.25, 0.3) is 0 Å². The molecule has 0 heterocycles. The number of hydrogen-bond acceptors (Lipinski definition) is 3. The SMILES string of the molecule is C/C=N/C(=N\C(C)=C\NCO)N(CC)CCCC. The molecule has 0 aromatic rings. The number of unbranched alkanes of at least 4 members (excludes halogenated alkanes) is 1. The first-order valence-corrected chi connectivity index (χ1v) is 6.52. The standard InChI is InChI=1S/C13H26N4O/c1-5-8-9-17(7-3)13(15-6-2)16-12(4)10-14-11-18/h6,10,14,18H,5,7-9,11H2,1-4H3/b12-10+,15-6+,16-13+. The van der Waals surface area contributed by atoms with Gasteiger partial charge in [-0.3, -0.25) is 0 Å². The molecule has 5 nitrogen and oxygen atoms in total. The summed E-state index contributed by atoms with van der Waals surface area (Å²) in [5, 5.41) is 11.4. The van der Waals surface area contributed by atoms with Crippen LogP contribution in [-0.2, 0) is 0 Å². The van der Waals surface area contributed by atoms with Gasteiger partial charge >= 0.3 is 0 Å². The van der Waals surface area contributed by atoms with Crippen molar-refractivity contribution in [2.75, 3.05) is 19.8 Å². The summed E-state index contributed by atoms with van der Waals surface area (Å²) in [7, 11) is 0. The minimum atomic E-state index is -0.0907. The number of guanidine groups is 1. The number of rotatable bonds is 7. The van der Waals surface area contributed by atoms with E-state index in [1.807, 2.05) is 13.8 Å². The molecule has 0 fully saturated rings.